The van der Waals surface area contributed by atoms with Crippen molar-refractivity contribution >= 4 is 28.6 Å². The van der Waals surface area contributed by atoms with Crippen LogP contribution in [0.4, 0.5) is 15.8 Å². The largest absolute Gasteiger partial charge is 0.366 e. The van der Waals surface area contributed by atoms with Crippen LogP contribution < -0.4 is 16.0 Å². The van der Waals surface area contributed by atoms with E-state index in [9.17, 15) is 9.18 Å². The van der Waals surface area contributed by atoms with Gasteiger partial charge >= 0.3 is 0 Å². The molecule has 4 aromatic rings. The number of piperidine rings is 1. The number of hydrogen-bond acceptors (Lipinski definition) is 7. The number of carbonyl (C=O) groups excluding carboxylic acids is 1. The number of pyridine rings is 1. The summed E-state index contributed by atoms with van der Waals surface area (Å²) >= 11 is 1.36. The van der Waals surface area contributed by atoms with Gasteiger partial charge in [0.25, 0.3) is 5.91 Å². The fourth-order valence-electron chi connectivity index (χ4n) is 4.09. The zero-order chi connectivity index (χ0) is 23.5. The van der Waals surface area contributed by atoms with Gasteiger partial charge in [-0.2, -0.15) is 5.10 Å². The molecule has 10 heteroatoms. The third-order valence-electron chi connectivity index (χ3n) is 5.69. The molecule has 1 saturated heterocycles. The molecule has 0 radical (unpaired) electrons. The lowest BCUT2D eigenvalue weighted by molar-refractivity contribution is 0.102. The van der Waals surface area contributed by atoms with E-state index in [2.05, 4.69) is 20.4 Å². The van der Waals surface area contributed by atoms with Crippen molar-refractivity contribution in [3.05, 3.63) is 77.6 Å². The SMILES string of the molecule is N[C@@H]1CCCN(c2c(F)cccc2NC(=O)c2csc(-c3cnn(Cc4cccnc4)c3)n2)C1. The van der Waals surface area contributed by atoms with Gasteiger partial charge < -0.3 is 16.0 Å². The summed E-state index contributed by atoms with van der Waals surface area (Å²) in [5, 5.41) is 9.60. The van der Waals surface area contributed by atoms with Crippen LogP contribution in [0.2, 0.25) is 0 Å². The number of nitrogens with zero attached hydrogens (tertiary/aromatic N) is 5. The van der Waals surface area contributed by atoms with Gasteiger partial charge in [-0.1, -0.05) is 12.1 Å². The Morgan fingerprint density at radius 3 is 3.00 bits per heavy atom. The third kappa shape index (κ3) is 4.82. The van der Waals surface area contributed by atoms with Crippen molar-refractivity contribution in [1.82, 2.24) is 19.7 Å². The molecule has 174 valence electrons. The Balaban J connectivity index is 1.31. The second kappa shape index (κ2) is 9.70. The first kappa shape index (κ1) is 22.2. The number of para-hydroxylation sites is 1. The van der Waals surface area contributed by atoms with Crippen LogP contribution in [0.5, 0.6) is 0 Å². The number of nitrogens with two attached hydrogens (primary N) is 1. The van der Waals surface area contributed by atoms with Crippen molar-refractivity contribution in [2.24, 2.45) is 5.73 Å². The van der Waals surface area contributed by atoms with Crippen molar-refractivity contribution < 1.29 is 9.18 Å². The quantitative estimate of drug-likeness (QED) is 0.438. The molecule has 0 bridgehead atoms. The number of amides is 1. The maximum atomic E-state index is 14.7. The van der Waals surface area contributed by atoms with E-state index in [-0.39, 0.29) is 17.6 Å². The number of benzene rings is 1. The first-order chi connectivity index (χ1) is 16.6. The maximum Gasteiger partial charge on any atom is 0.275 e. The number of hydrogen-bond donors (Lipinski definition) is 2. The molecule has 1 amide bonds. The lowest BCUT2D eigenvalue weighted by Gasteiger charge is -2.34. The molecule has 1 fully saturated rings. The van der Waals surface area contributed by atoms with Gasteiger partial charge in [0, 0.05) is 48.7 Å². The van der Waals surface area contributed by atoms with Crippen LogP contribution in [0.1, 0.15) is 28.9 Å². The molecule has 3 aromatic heterocycles. The van der Waals surface area contributed by atoms with E-state index in [4.69, 9.17) is 5.73 Å². The fraction of sp³-hybridized carbons (Fsp3) is 0.250. The molecule has 1 aliphatic rings. The summed E-state index contributed by atoms with van der Waals surface area (Å²) in [6.07, 6.45) is 8.93. The van der Waals surface area contributed by atoms with E-state index >= 15 is 0 Å². The summed E-state index contributed by atoms with van der Waals surface area (Å²) in [7, 11) is 0. The maximum absolute atomic E-state index is 14.7. The van der Waals surface area contributed by atoms with Gasteiger partial charge in [0.1, 0.15) is 16.5 Å². The van der Waals surface area contributed by atoms with Crippen molar-refractivity contribution in [2.75, 3.05) is 23.3 Å². The van der Waals surface area contributed by atoms with Crippen molar-refractivity contribution in [2.45, 2.75) is 25.4 Å². The molecule has 0 unspecified atom stereocenters. The highest BCUT2D eigenvalue weighted by molar-refractivity contribution is 7.13. The Kier molecular flexibility index (Phi) is 6.33. The van der Waals surface area contributed by atoms with Crippen molar-refractivity contribution in [1.29, 1.82) is 0 Å². The Hall–Kier alpha value is -3.63. The van der Waals surface area contributed by atoms with E-state index in [1.807, 2.05) is 23.2 Å². The lowest BCUT2D eigenvalue weighted by atomic mass is 10.1. The summed E-state index contributed by atoms with van der Waals surface area (Å²) in [4.78, 5) is 23.5. The average molecular weight is 478 g/mol. The van der Waals surface area contributed by atoms with Crippen LogP contribution in [-0.4, -0.2) is 44.8 Å². The fourth-order valence-corrected chi connectivity index (χ4v) is 4.86. The highest BCUT2D eigenvalue weighted by Gasteiger charge is 2.23. The molecule has 8 nitrogen and oxygen atoms in total. The standard InChI is InChI=1S/C24H24FN7OS/c25-19-6-1-7-20(22(19)31-9-3-5-18(26)14-31)29-23(33)21-15-34-24(30-21)17-11-28-32(13-17)12-16-4-2-8-27-10-16/h1-2,4,6-8,10-11,13,15,18H,3,5,9,12,14,26H2,(H,29,33)/t18-/m1/s1. The van der Waals surface area contributed by atoms with Crippen LogP contribution in [0.3, 0.4) is 0 Å². The molecule has 3 N–H and O–H groups in total. The summed E-state index contributed by atoms with van der Waals surface area (Å²) in [5.74, 6) is -0.773. The smallest absolute Gasteiger partial charge is 0.275 e. The van der Waals surface area contributed by atoms with Crippen molar-refractivity contribution in [3.8, 4) is 10.6 Å². The predicted molar refractivity (Wildman–Crippen MR) is 130 cm³/mol. The Bertz CT molecular complexity index is 1290. The van der Waals surface area contributed by atoms with Crippen LogP contribution in [0.25, 0.3) is 10.6 Å². The summed E-state index contributed by atoms with van der Waals surface area (Å²) in [6, 6.07) is 8.54. The average Bonchev–Trinajstić information content (AvgIpc) is 3.50. The molecule has 34 heavy (non-hydrogen) atoms. The molecule has 0 aliphatic carbocycles. The number of nitrogens with one attached hydrogen (secondary N) is 1. The Morgan fingerprint density at radius 1 is 1.26 bits per heavy atom. The molecule has 0 saturated carbocycles. The lowest BCUT2D eigenvalue weighted by Crippen LogP contribution is -2.43. The topological polar surface area (TPSA) is 102 Å². The van der Waals surface area contributed by atoms with E-state index in [0.717, 1.165) is 24.0 Å². The van der Waals surface area contributed by atoms with E-state index in [1.54, 1.807) is 40.8 Å². The number of anilines is 2. The number of thiazole rings is 1. The highest BCUT2D eigenvalue weighted by Crippen LogP contribution is 2.32. The zero-order valence-electron chi connectivity index (χ0n) is 18.4. The normalized spacial score (nSPS) is 15.9. The second-order valence-electron chi connectivity index (χ2n) is 8.26. The minimum atomic E-state index is -0.390. The first-order valence-electron chi connectivity index (χ1n) is 11.0. The van der Waals surface area contributed by atoms with Crippen LogP contribution in [-0.2, 0) is 6.54 Å². The van der Waals surface area contributed by atoms with Gasteiger partial charge in [0.05, 0.1) is 24.1 Å². The second-order valence-corrected chi connectivity index (χ2v) is 9.12. The third-order valence-corrected chi connectivity index (χ3v) is 6.58. The van der Waals surface area contributed by atoms with Crippen LogP contribution >= 0.6 is 11.3 Å². The number of carbonyl (C=O) groups is 1. The van der Waals surface area contributed by atoms with Gasteiger partial charge in [-0.05, 0) is 36.6 Å². The minimum absolute atomic E-state index is 0.0166. The Morgan fingerprint density at radius 2 is 2.18 bits per heavy atom. The Labute approximate surface area is 200 Å². The monoisotopic (exact) mass is 477 g/mol. The van der Waals surface area contributed by atoms with E-state index in [0.29, 0.717) is 36.0 Å². The molecule has 1 atom stereocenters. The highest BCUT2D eigenvalue weighted by atomic mass is 32.1. The van der Waals surface area contributed by atoms with Crippen LogP contribution in [0, 0.1) is 5.82 Å². The number of halogens is 1. The van der Waals surface area contributed by atoms with E-state index < -0.39 is 5.91 Å². The first-order valence-corrected chi connectivity index (χ1v) is 11.9. The van der Waals surface area contributed by atoms with Crippen molar-refractivity contribution in [3.63, 3.8) is 0 Å². The van der Waals surface area contributed by atoms with E-state index in [1.165, 1.54) is 17.4 Å². The summed E-state index contributed by atoms with van der Waals surface area (Å²) in [5.41, 5.74) is 9.00. The van der Waals surface area contributed by atoms with Gasteiger partial charge in [-0.25, -0.2) is 9.37 Å². The molecular formula is C24H24FN7OS. The molecule has 1 aromatic carbocycles. The van der Waals surface area contributed by atoms with Gasteiger partial charge in [-0.3, -0.25) is 14.5 Å². The summed E-state index contributed by atoms with van der Waals surface area (Å²) in [6.45, 7) is 1.84. The number of rotatable bonds is 6. The molecule has 4 heterocycles. The molecule has 0 spiro atoms. The number of aromatic nitrogens is 4. The van der Waals surface area contributed by atoms with Crippen LogP contribution in [0.15, 0.2) is 60.5 Å². The molecular weight excluding hydrogens is 453 g/mol. The molecule has 1 aliphatic heterocycles. The van der Waals surface area contributed by atoms with Gasteiger partial charge in [-0.15, -0.1) is 11.3 Å². The predicted octanol–water partition coefficient (Wildman–Crippen LogP) is 3.77. The van der Waals surface area contributed by atoms with Gasteiger partial charge in [0.2, 0.25) is 0 Å². The summed E-state index contributed by atoms with van der Waals surface area (Å²) < 4.78 is 16.5. The minimum Gasteiger partial charge on any atom is -0.366 e. The molecule has 5 rings (SSSR count). The zero-order valence-corrected chi connectivity index (χ0v) is 19.2. The van der Waals surface area contributed by atoms with Gasteiger partial charge in [0.15, 0.2) is 0 Å².